The van der Waals surface area contributed by atoms with E-state index in [0.29, 0.717) is 5.52 Å². The lowest BCUT2D eigenvalue weighted by atomic mass is 9.92. The Hall–Kier alpha value is -3.27. The summed E-state index contributed by atoms with van der Waals surface area (Å²) in [6, 6.07) is 4.22. The standard InChI is InChI=1S/C22H30N6O6/c1-11(2)7-16(29)33-18-14(8-32-21(31)17(24)12(3)4)34-22(9-23,19(18)30)15-6-5-13-20(25)26-10-27-28(13)15/h5-6,10-12,14,17-19,30H,7-8,24H2,1-4H3,(H2,25,26,27)/t14-,17?,18-,19-,22+/m1/s1. The van der Waals surface area contributed by atoms with Gasteiger partial charge in [0.15, 0.2) is 11.9 Å². The van der Waals surface area contributed by atoms with Crippen molar-refractivity contribution in [1.29, 1.82) is 5.26 Å². The molecule has 1 aliphatic rings. The van der Waals surface area contributed by atoms with Crippen LogP contribution in [0.1, 0.15) is 39.8 Å². The number of carbonyl (C=O) groups excluding carboxylic acids is 2. The number of hydrogen-bond acceptors (Lipinski definition) is 11. The summed E-state index contributed by atoms with van der Waals surface area (Å²) in [6.07, 6.45) is -2.76. The van der Waals surface area contributed by atoms with Crippen LogP contribution in [0.5, 0.6) is 0 Å². The maximum Gasteiger partial charge on any atom is 0.323 e. The van der Waals surface area contributed by atoms with Crippen molar-refractivity contribution in [2.45, 2.75) is 64.1 Å². The minimum absolute atomic E-state index is 0.00209. The van der Waals surface area contributed by atoms with E-state index in [1.807, 2.05) is 19.9 Å². The molecule has 1 unspecified atom stereocenters. The fraction of sp³-hybridized carbons (Fsp3) is 0.591. The first-order chi connectivity index (χ1) is 16.0. The molecular weight excluding hydrogens is 444 g/mol. The normalized spacial score (nSPS) is 25.4. The molecule has 1 saturated heterocycles. The van der Waals surface area contributed by atoms with Gasteiger partial charge in [-0.05, 0) is 24.0 Å². The molecule has 1 aliphatic heterocycles. The van der Waals surface area contributed by atoms with Crippen LogP contribution in [0.3, 0.4) is 0 Å². The molecule has 12 nitrogen and oxygen atoms in total. The molecule has 5 N–H and O–H groups in total. The number of carbonyl (C=O) groups is 2. The van der Waals surface area contributed by atoms with E-state index in [1.54, 1.807) is 19.9 Å². The second kappa shape index (κ2) is 9.92. The Labute approximate surface area is 196 Å². The van der Waals surface area contributed by atoms with Gasteiger partial charge in [-0.2, -0.15) is 10.4 Å². The molecule has 0 amide bonds. The van der Waals surface area contributed by atoms with E-state index in [4.69, 9.17) is 25.7 Å². The SMILES string of the molecule is CC(C)CC(=O)O[C@H]1[C@@H](O)[C@](C#N)(c2ccc3c(N)ncnn23)O[C@@H]1COC(=O)C(N)C(C)C. The van der Waals surface area contributed by atoms with Crippen LogP contribution in [0.15, 0.2) is 18.5 Å². The Morgan fingerprint density at radius 2 is 2.06 bits per heavy atom. The molecule has 2 aromatic heterocycles. The predicted octanol–water partition coefficient (Wildman–Crippen LogP) is 0.274. The van der Waals surface area contributed by atoms with E-state index in [9.17, 15) is 20.0 Å². The van der Waals surface area contributed by atoms with Crippen molar-refractivity contribution >= 4 is 23.3 Å². The van der Waals surface area contributed by atoms with Gasteiger partial charge in [0.05, 0.1) is 5.69 Å². The summed E-state index contributed by atoms with van der Waals surface area (Å²) >= 11 is 0. The smallest absolute Gasteiger partial charge is 0.323 e. The maximum atomic E-state index is 12.4. The van der Waals surface area contributed by atoms with Crippen molar-refractivity contribution in [3.05, 3.63) is 24.2 Å². The summed E-state index contributed by atoms with van der Waals surface area (Å²) in [5.41, 5.74) is 10.3. The molecular formula is C22H30N6O6. The molecule has 0 radical (unpaired) electrons. The lowest BCUT2D eigenvalue weighted by Crippen LogP contribution is -2.44. The second-order valence-electron chi connectivity index (χ2n) is 9.06. The van der Waals surface area contributed by atoms with Gasteiger partial charge in [0.25, 0.3) is 0 Å². The summed E-state index contributed by atoms with van der Waals surface area (Å²) in [6.45, 7) is 6.83. The van der Waals surface area contributed by atoms with Gasteiger partial charge in [-0.15, -0.1) is 0 Å². The van der Waals surface area contributed by atoms with Gasteiger partial charge < -0.3 is 30.8 Å². The van der Waals surface area contributed by atoms with Gasteiger partial charge in [-0.3, -0.25) is 9.59 Å². The average molecular weight is 475 g/mol. The zero-order chi connectivity index (χ0) is 25.2. The third-order valence-corrected chi connectivity index (χ3v) is 5.68. The number of esters is 2. The molecule has 34 heavy (non-hydrogen) atoms. The largest absolute Gasteiger partial charge is 0.462 e. The highest BCUT2D eigenvalue weighted by Crippen LogP contribution is 2.42. The average Bonchev–Trinajstić information content (AvgIpc) is 3.32. The summed E-state index contributed by atoms with van der Waals surface area (Å²) < 4.78 is 18.1. The monoisotopic (exact) mass is 474 g/mol. The van der Waals surface area contributed by atoms with Crippen molar-refractivity contribution in [3.63, 3.8) is 0 Å². The zero-order valence-corrected chi connectivity index (χ0v) is 19.5. The predicted molar refractivity (Wildman–Crippen MR) is 119 cm³/mol. The fourth-order valence-electron chi connectivity index (χ4n) is 3.74. The number of rotatable bonds is 8. The highest BCUT2D eigenvalue weighted by molar-refractivity contribution is 5.75. The molecule has 3 rings (SSSR count). The first-order valence-electron chi connectivity index (χ1n) is 11.0. The van der Waals surface area contributed by atoms with E-state index in [1.165, 1.54) is 16.9 Å². The Kier molecular flexibility index (Phi) is 7.40. The Bertz CT molecular complexity index is 1100. The van der Waals surface area contributed by atoms with Crippen LogP contribution in [0, 0.1) is 23.2 Å². The van der Waals surface area contributed by atoms with E-state index in [-0.39, 0.29) is 36.4 Å². The molecule has 0 bridgehead atoms. The number of nitrogens with two attached hydrogens (primary N) is 2. The van der Waals surface area contributed by atoms with Gasteiger partial charge in [-0.1, -0.05) is 27.7 Å². The molecule has 2 aromatic rings. The number of aliphatic hydroxyl groups excluding tert-OH is 1. The number of aromatic nitrogens is 3. The van der Waals surface area contributed by atoms with Crippen LogP contribution < -0.4 is 11.5 Å². The van der Waals surface area contributed by atoms with Crippen LogP contribution in [0.25, 0.3) is 5.52 Å². The Balaban J connectivity index is 1.96. The molecule has 0 aliphatic carbocycles. The van der Waals surface area contributed by atoms with Crippen molar-refractivity contribution in [2.75, 3.05) is 12.3 Å². The Morgan fingerprint density at radius 3 is 2.68 bits per heavy atom. The molecule has 1 fully saturated rings. The summed E-state index contributed by atoms with van der Waals surface area (Å²) in [7, 11) is 0. The number of nitrogens with zero attached hydrogens (tertiary/aromatic N) is 4. The molecule has 0 saturated carbocycles. The zero-order valence-electron chi connectivity index (χ0n) is 19.5. The molecule has 0 spiro atoms. The van der Waals surface area contributed by atoms with E-state index in [2.05, 4.69) is 10.1 Å². The molecule has 184 valence electrons. The molecule has 12 heteroatoms. The fourth-order valence-corrected chi connectivity index (χ4v) is 3.74. The van der Waals surface area contributed by atoms with Crippen LogP contribution in [-0.2, 0) is 29.4 Å². The third-order valence-electron chi connectivity index (χ3n) is 5.68. The number of nitriles is 1. The molecule has 5 atom stereocenters. The van der Waals surface area contributed by atoms with Crippen LogP contribution in [0.2, 0.25) is 0 Å². The number of anilines is 1. The number of ether oxygens (including phenoxy) is 3. The van der Waals surface area contributed by atoms with Gasteiger partial charge in [0.2, 0.25) is 5.60 Å². The highest BCUT2D eigenvalue weighted by Gasteiger charge is 2.60. The highest BCUT2D eigenvalue weighted by atomic mass is 16.6. The first kappa shape index (κ1) is 25.4. The van der Waals surface area contributed by atoms with Crippen molar-refractivity contribution in [3.8, 4) is 6.07 Å². The number of nitrogen functional groups attached to an aromatic ring is 1. The second-order valence-corrected chi connectivity index (χ2v) is 9.06. The maximum absolute atomic E-state index is 12.4. The minimum atomic E-state index is -1.99. The van der Waals surface area contributed by atoms with Crippen LogP contribution in [-0.4, -0.2) is 62.6 Å². The van der Waals surface area contributed by atoms with E-state index < -0.39 is 41.9 Å². The van der Waals surface area contributed by atoms with Crippen molar-refractivity contribution in [2.24, 2.45) is 17.6 Å². The number of hydrogen-bond donors (Lipinski definition) is 3. The molecule has 0 aromatic carbocycles. The van der Waals surface area contributed by atoms with Gasteiger partial charge in [0, 0.05) is 6.42 Å². The quantitative estimate of drug-likeness (QED) is 0.445. The Morgan fingerprint density at radius 1 is 1.35 bits per heavy atom. The van der Waals surface area contributed by atoms with E-state index in [0.717, 1.165) is 0 Å². The lowest BCUT2D eigenvalue weighted by Gasteiger charge is -2.24. The van der Waals surface area contributed by atoms with Crippen LogP contribution >= 0.6 is 0 Å². The van der Waals surface area contributed by atoms with Gasteiger partial charge in [0.1, 0.15) is 42.8 Å². The van der Waals surface area contributed by atoms with Crippen LogP contribution in [0.4, 0.5) is 5.82 Å². The number of aliphatic hydroxyl groups is 1. The third kappa shape index (κ3) is 4.68. The lowest BCUT2D eigenvalue weighted by molar-refractivity contribution is -0.161. The van der Waals surface area contributed by atoms with E-state index >= 15 is 0 Å². The topological polar surface area (TPSA) is 188 Å². The molecule has 3 heterocycles. The number of fused-ring (bicyclic) bond motifs is 1. The first-order valence-corrected chi connectivity index (χ1v) is 11.0. The summed E-state index contributed by atoms with van der Waals surface area (Å²) in [5, 5.41) is 25.5. The summed E-state index contributed by atoms with van der Waals surface area (Å²) in [4.78, 5) is 28.6. The van der Waals surface area contributed by atoms with Gasteiger partial charge >= 0.3 is 11.9 Å². The van der Waals surface area contributed by atoms with Crippen molar-refractivity contribution in [1.82, 2.24) is 14.6 Å². The van der Waals surface area contributed by atoms with Crippen molar-refractivity contribution < 1.29 is 28.9 Å². The minimum Gasteiger partial charge on any atom is -0.462 e. The van der Waals surface area contributed by atoms with Gasteiger partial charge in [-0.25, -0.2) is 9.50 Å². The summed E-state index contributed by atoms with van der Waals surface area (Å²) in [5.74, 6) is -1.27.